The lowest BCUT2D eigenvalue weighted by atomic mass is 10.1. The van der Waals surface area contributed by atoms with Crippen molar-refractivity contribution in [2.75, 3.05) is 6.79 Å². The van der Waals surface area contributed by atoms with Crippen LogP contribution in [-0.4, -0.2) is 27.9 Å². The topological polar surface area (TPSA) is 127 Å². The summed E-state index contributed by atoms with van der Waals surface area (Å²) in [6.45, 7) is 1.56. The van der Waals surface area contributed by atoms with Gasteiger partial charge in [-0.05, 0) is 31.2 Å². The predicted octanol–water partition coefficient (Wildman–Crippen LogP) is 3.69. The highest BCUT2D eigenvalue weighted by molar-refractivity contribution is 5.88. The molecule has 0 N–H and O–H groups in total. The number of aromatic nitrogens is 2. The van der Waals surface area contributed by atoms with E-state index in [0.717, 1.165) is 11.6 Å². The Balaban J connectivity index is 1.46. The normalized spacial score (nSPS) is 13.4. The Bertz CT molecular complexity index is 1120. The number of nitro benzene ring substituents is 1. The molecule has 0 bridgehead atoms. The van der Waals surface area contributed by atoms with Gasteiger partial charge >= 0.3 is 5.97 Å². The molecule has 0 amide bonds. The molecule has 152 valence electrons. The van der Waals surface area contributed by atoms with Crippen molar-refractivity contribution in [3.63, 3.8) is 0 Å². The third kappa shape index (κ3) is 3.97. The Labute approximate surface area is 169 Å². The van der Waals surface area contributed by atoms with Gasteiger partial charge in [0.25, 0.3) is 11.6 Å². The fraction of sp³-hybridized carbons (Fsp3) is 0.150. The van der Waals surface area contributed by atoms with Crippen molar-refractivity contribution in [1.82, 2.24) is 10.2 Å². The molecule has 0 radical (unpaired) electrons. The Morgan fingerprint density at radius 2 is 1.93 bits per heavy atom. The maximum atomic E-state index is 12.2. The van der Waals surface area contributed by atoms with Crippen molar-refractivity contribution in [2.24, 2.45) is 0 Å². The fourth-order valence-electron chi connectivity index (χ4n) is 2.76. The minimum absolute atomic E-state index is 0.0195. The molecular formula is C20H15N3O7. The fourth-order valence-corrected chi connectivity index (χ4v) is 2.76. The molecule has 2 aromatic carbocycles. The number of benzene rings is 2. The molecule has 0 saturated heterocycles. The SMILES string of the molecule is C[C@@H](OC(=O)/C=C/c1cc2c(cc1[N+](=O)[O-])OCO2)c1nnc(-c2ccccc2)o1. The molecule has 0 spiro atoms. The van der Waals surface area contributed by atoms with E-state index in [9.17, 15) is 14.9 Å². The van der Waals surface area contributed by atoms with Crippen molar-refractivity contribution in [3.8, 4) is 23.0 Å². The molecule has 0 aliphatic carbocycles. The lowest BCUT2D eigenvalue weighted by molar-refractivity contribution is -0.385. The van der Waals surface area contributed by atoms with Gasteiger partial charge in [-0.1, -0.05) is 18.2 Å². The minimum Gasteiger partial charge on any atom is -0.454 e. The molecule has 0 saturated carbocycles. The van der Waals surface area contributed by atoms with E-state index in [-0.39, 0.29) is 29.7 Å². The van der Waals surface area contributed by atoms with Gasteiger partial charge in [0.05, 0.1) is 16.6 Å². The van der Waals surface area contributed by atoms with Gasteiger partial charge in [0, 0.05) is 11.6 Å². The van der Waals surface area contributed by atoms with Gasteiger partial charge in [0.2, 0.25) is 12.7 Å². The lowest BCUT2D eigenvalue weighted by Gasteiger charge is -2.07. The number of carbonyl (C=O) groups is 1. The smallest absolute Gasteiger partial charge is 0.331 e. The number of rotatable bonds is 6. The van der Waals surface area contributed by atoms with Crippen LogP contribution >= 0.6 is 0 Å². The summed E-state index contributed by atoms with van der Waals surface area (Å²) in [7, 11) is 0. The molecule has 1 aromatic heterocycles. The molecule has 2 heterocycles. The predicted molar refractivity (Wildman–Crippen MR) is 102 cm³/mol. The standard InChI is InChI=1S/C20H15N3O7/c1-12(19-21-22-20(30-19)13-5-3-2-4-6-13)29-18(24)8-7-14-9-16-17(28-11-27-16)10-15(14)23(25)26/h2-10,12H,11H2,1H3/b8-7+/t12-/m1/s1. The van der Waals surface area contributed by atoms with Crippen LogP contribution in [-0.2, 0) is 9.53 Å². The van der Waals surface area contributed by atoms with Crippen molar-refractivity contribution in [1.29, 1.82) is 0 Å². The average molecular weight is 409 g/mol. The summed E-state index contributed by atoms with van der Waals surface area (Å²) in [6, 6.07) is 11.8. The first-order valence-electron chi connectivity index (χ1n) is 8.87. The van der Waals surface area contributed by atoms with Crippen LogP contribution in [0.1, 0.15) is 24.5 Å². The van der Waals surface area contributed by atoms with Crippen molar-refractivity contribution in [3.05, 3.63) is 70.1 Å². The second kappa shape index (κ2) is 8.03. The third-order valence-corrected chi connectivity index (χ3v) is 4.22. The lowest BCUT2D eigenvalue weighted by Crippen LogP contribution is -2.06. The van der Waals surface area contributed by atoms with Crippen LogP contribution in [0.15, 0.2) is 53.0 Å². The zero-order valence-electron chi connectivity index (χ0n) is 15.7. The molecule has 0 unspecified atom stereocenters. The first kappa shape index (κ1) is 19.1. The Morgan fingerprint density at radius 3 is 2.67 bits per heavy atom. The quantitative estimate of drug-likeness (QED) is 0.259. The molecule has 1 aliphatic rings. The summed E-state index contributed by atoms with van der Waals surface area (Å²) in [4.78, 5) is 22.9. The monoisotopic (exact) mass is 409 g/mol. The van der Waals surface area contributed by atoms with Crippen LogP contribution in [0, 0.1) is 10.1 Å². The van der Waals surface area contributed by atoms with Crippen LogP contribution in [0.4, 0.5) is 5.69 Å². The van der Waals surface area contributed by atoms with Gasteiger partial charge in [-0.15, -0.1) is 10.2 Å². The first-order valence-corrected chi connectivity index (χ1v) is 8.87. The number of nitro groups is 1. The molecule has 3 aromatic rings. The number of esters is 1. The van der Waals surface area contributed by atoms with Crippen molar-refractivity contribution < 1.29 is 28.3 Å². The van der Waals surface area contributed by atoms with E-state index < -0.39 is 17.0 Å². The summed E-state index contributed by atoms with van der Waals surface area (Å²) in [5.41, 5.74) is 0.698. The van der Waals surface area contributed by atoms with E-state index in [0.29, 0.717) is 11.6 Å². The molecule has 10 nitrogen and oxygen atoms in total. The van der Waals surface area contributed by atoms with Crippen LogP contribution < -0.4 is 9.47 Å². The largest absolute Gasteiger partial charge is 0.454 e. The van der Waals surface area contributed by atoms with E-state index in [2.05, 4.69) is 10.2 Å². The van der Waals surface area contributed by atoms with Crippen LogP contribution in [0.2, 0.25) is 0 Å². The van der Waals surface area contributed by atoms with Gasteiger partial charge in [-0.25, -0.2) is 4.79 Å². The third-order valence-electron chi connectivity index (χ3n) is 4.22. The Kier molecular flexibility index (Phi) is 5.12. The number of hydrogen-bond donors (Lipinski definition) is 0. The Hall–Kier alpha value is -4.21. The van der Waals surface area contributed by atoms with Crippen molar-refractivity contribution in [2.45, 2.75) is 13.0 Å². The zero-order chi connectivity index (χ0) is 21.1. The number of fused-ring (bicyclic) bond motifs is 1. The highest BCUT2D eigenvalue weighted by Gasteiger charge is 2.23. The maximum absolute atomic E-state index is 12.2. The highest BCUT2D eigenvalue weighted by atomic mass is 16.7. The summed E-state index contributed by atoms with van der Waals surface area (Å²) >= 11 is 0. The van der Waals surface area contributed by atoms with E-state index in [4.69, 9.17) is 18.6 Å². The molecule has 0 fully saturated rings. The molecular weight excluding hydrogens is 394 g/mol. The van der Waals surface area contributed by atoms with Gasteiger partial charge in [0.15, 0.2) is 17.6 Å². The van der Waals surface area contributed by atoms with E-state index in [1.165, 1.54) is 18.2 Å². The average Bonchev–Trinajstić information content (AvgIpc) is 3.41. The van der Waals surface area contributed by atoms with Gasteiger partial charge in [-0.2, -0.15) is 0 Å². The summed E-state index contributed by atoms with van der Waals surface area (Å²) in [5.74, 6) is 0.348. The molecule has 1 aliphatic heterocycles. The summed E-state index contributed by atoms with van der Waals surface area (Å²) in [5, 5.41) is 19.1. The minimum atomic E-state index is -0.807. The van der Waals surface area contributed by atoms with Gasteiger partial charge in [0.1, 0.15) is 0 Å². The van der Waals surface area contributed by atoms with E-state index in [1.54, 1.807) is 6.92 Å². The van der Waals surface area contributed by atoms with Crippen molar-refractivity contribution >= 4 is 17.7 Å². The summed E-state index contributed by atoms with van der Waals surface area (Å²) < 4.78 is 21.2. The van der Waals surface area contributed by atoms with Crippen LogP contribution in [0.5, 0.6) is 11.5 Å². The van der Waals surface area contributed by atoms with E-state index in [1.807, 2.05) is 30.3 Å². The van der Waals surface area contributed by atoms with Crippen LogP contribution in [0.25, 0.3) is 17.5 Å². The molecule has 30 heavy (non-hydrogen) atoms. The number of nitrogens with zero attached hydrogens (tertiary/aromatic N) is 3. The second-order valence-corrected chi connectivity index (χ2v) is 6.25. The number of ether oxygens (including phenoxy) is 3. The molecule has 1 atom stereocenters. The van der Waals surface area contributed by atoms with Gasteiger partial charge in [-0.3, -0.25) is 10.1 Å². The first-order chi connectivity index (χ1) is 14.5. The summed E-state index contributed by atoms with van der Waals surface area (Å²) in [6.07, 6.45) is 1.55. The number of hydrogen-bond acceptors (Lipinski definition) is 9. The second-order valence-electron chi connectivity index (χ2n) is 6.25. The highest BCUT2D eigenvalue weighted by Crippen LogP contribution is 2.38. The number of carbonyl (C=O) groups excluding carboxylic acids is 1. The van der Waals surface area contributed by atoms with E-state index >= 15 is 0 Å². The maximum Gasteiger partial charge on any atom is 0.331 e. The Morgan fingerprint density at radius 1 is 1.20 bits per heavy atom. The zero-order valence-corrected chi connectivity index (χ0v) is 15.7. The molecule has 10 heteroatoms. The molecule has 4 rings (SSSR count). The van der Waals surface area contributed by atoms with Crippen LogP contribution in [0.3, 0.4) is 0 Å². The van der Waals surface area contributed by atoms with Gasteiger partial charge < -0.3 is 18.6 Å².